The summed E-state index contributed by atoms with van der Waals surface area (Å²) in [6.45, 7) is 2.79. The number of amides is 4. The first-order chi connectivity index (χ1) is 16.4. The number of carbonyl (C=O) groups excluding carboxylic acids is 4. The number of hydrogen-bond donors (Lipinski definition) is 2. The number of piperidine rings is 1. The third-order valence-electron chi connectivity index (χ3n) is 6.52. The largest absolute Gasteiger partial charge is 0.378 e. The summed E-state index contributed by atoms with van der Waals surface area (Å²) < 4.78 is 6.90. The predicted molar refractivity (Wildman–Crippen MR) is 117 cm³/mol. The van der Waals surface area contributed by atoms with Gasteiger partial charge in [-0.1, -0.05) is 11.3 Å². The standard InChI is InChI=1S/C22H25N7O5/c1-27-6-7-34-12-15(27)9-23-20(31)17-11-29(26-25-17)14-3-2-13-10-28(22(33)16(13)8-14)18-4-5-19(30)24-21(18)32/h2-3,8,11,15,18H,4-7,9-10,12H2,1H3,(H,23,31)(H,24,30,32). The first kappa shape index (κ1) is 22.2. The van der Waals surface area contributed by atoms with Crippen molar-refractivity contribution in [2.75, 3.05) is 33.4 Å². The first-order valence-corrected chi connectivity index (χ1v) is 11.2. The molecule has 2 atom stereocenters. The number of imide groups is 1. The van der Waals surface area contributed by atoms with Gasteiger partial charge >= 0.3 is 0 Å². The van der Waals surface area contributed by atoms with E-state index in [-0.39, 0.29) is 35.9 Å². The normalized spacial score (nSPS) is 23.1. The highest BCUT2D eigenvalue weighted by Crippen LogP contribution is 2.29. The maximum absolute atomic E-state index is 13.0. The van der Waals surface area contributed by atoms with E-state index in [0.29, 0.717) is 44.0 Å². The summed E-state index contributed by atoms with van der Waals surface area (Å²) in [5.74, 6) is -1.39. The number of benzene rings is 1. The Morgan fingerprint density at radius 2 is 2.15 bits per heavy atom. The lowest BCUT2D eigenvalue weighted by Crippen LogP contribution is -2.52. The van der Waals surface area contributed by atoms with Gasteiger partial charge in [0.05, 0.1) is 31.1 Å². The van der Waals surface area contributed by atoms with E-state index in [1.165, 1.54) is 15.8 Å². The number of likely N-dealkylation sites (N-methyl/N-ethyl adjacent to an activating group) is 1. The Hall–Kier alpha value is -3.64. The number of nitrogens with zero attached hydrogens (tertiary/aromatic N) is 5. The van der Waals surface area contributed by atoms with Crippen molar-refractivity contribution in [1.29, 1.82) is 0 Å². The van der Waals surface area contributed by atoms with E-state index in [2.05, 4.69) is 25.8 Å². The molecule has 178 valence electrons. The average molecular weight is 467 g/mol. The Morgan fingerprint density at radius 1 is 1.29 bits per heavy atom. The molecule has 1 aromatic heterocycles. The van der Waals surface area contributed by atoms with Crippen LogP contribution < -0.4 is 10.6 Å². The topological polar surface area (TPSA) is 139 Å². The van der Waals surface area contributed by atoms with E-state index in [0.717, 1.165) is 12.1 Å². The minimum atomic E-state index is -0.670. The molecule has 3 aliphatic heterocycles. The molecule has 0 radical (unpaired) electrons. The third-order valence-corrected chi connectivity index (χ3v) is 6.52. The van der Waals surface area contributed by atoms with Crippen molar-refractivity contribution in [2.45, 2.75) is 31.5 Å². The molecular formula is C22H25N7O5. The zero-order chi connectivity index (χ0) is 23.8. The molecule has 5 rings (SSSR count). The Bertz CT molecular complexity index is 1160. The van der Waals surface area contributed by atoms with Gasteiger partial charge in [0.25, 0.3) is 11.8 Å². The fourth-order valence-electron chi connectivity index (χ4n) is 4.43. The zero-order valence-electron chi connectivity index (χ0n) is 18.7. The summed E-state index contributed by atoms with van der Waals surface area (Å²) >= 11 is 0. The summed E-state index contributed by atoms with van der Waals surface area (Å²) in [5, 5.41) is 13.2. The number of nitrogens with one attached hydrogen (secondary N) is 2. The van der Waals surface area contributed by atoms with Crippen LogP contribution in [-0.4, -0.2) is 93.9 Å². The Kier molecular flexibility index (Phi) is 5.84. The van der Waals surface area contributed by atoms with Crippen LogP contribution in [0.1, 0.15) is 39.3 Å². The van der Waals surface area contributed by atoms with Crippen LogP contribution in [0.5, 0.6) is 0 Å². The highest BCUT2D eigenvalue weighted by molar-refractivity contribution is 6.05. The molecule has 0 aliphatic carbocycles. The quantitative estimate of drug-likeness (QED) is 0.539. The van der Waals surface area contributed by atoms with Gasteiger partial charge in [-0.25, -0.2) is 4.68 Å². The minimum Gasteiger partial charge on any atom is -0.378 e. The fourth-order valence-corrected chi connectivity index (χ4v) is 4.43. The Balaban J connectivity index is 1.27. The van der Waals surface area contributed by atoms with Crippen LogP contribution in [0.4, 0.5) is 0 Å². The highest BCUT2D eigenvalue weighted by atomic mass is 16.5. The third kappa shape index (κ3) is 4.17. The van der Waals surface area contributed by atoms with E-state index in [9.17, 15) is 19.2 Å². The number of ether oxygens (including phenoxy) is 1. The van der Waals surface area contributed by atoms with E-state index in [1.54, 1.807) is 18.2 Å². The van der Waals surface area contributed by atoms with Gasteiger partial charge in [0.2, 0.25) is 11.8 Å². The Morgan fingerprint density at radius 3 is 2.94 bits per heavy atom. The number of rotatable bonds is 5. The molecule has 2 N–H and O–H groups in total. The van der Waals surface area contributed by atoms with Crippen molar-refractivity contribution < 1.29 is 23.9 Å². The number of carbonyl (C=O) groups is 4. The van der Waals surface area contributed by atoms with Crippen molar-refractivity contribution in [1.82, 2.24) is 35.4 Å². The summed E-state index contributed by atoms with van der Waals surface area (Å²) in [6, 6.07) is 4.69. The van der Waals surface area contributed by atoms with E-state index in [1.807, 2.05) is 7.05 Å². The molecule has 2 aromatic rings. The van der Waals surface area contributed by atoms with Crippen LogP contribution in [0, 0.1) is 0 Å². The van der Waals surface area contributed by atoms with Gasteiger partial charge in [-0.3, -0.25) is 29.4 Å². The average Bonchev–Trinajstić information content (AvgIpc) is 3.44. The minimum absolute atomic E-state index is 0.0998. The van der Waals surface area contributed by atoms with Crippen LogP contribution in [0.15, 0.2) is 24.4 Å². The molecule has 3 aliphatic rings. The van der Waals surface area contributed by atoms with Gasteiger partial charge in [-0.15, -0.1) is 5.10 Å². The van der Waals surface area contributed by atoms with Crippen LogP contribution in [0.25, 0.3) is 5.69 Å². The monoisotopic (exact) mass is 467 g/mol. The molecule has 4 heterocycles. The molecular weight excluding hydrogens is 442 g/mol. The van der Waals surface area contributed by atoms with E-state index >= 15 is 0 Å². The molecule has 4 amide bonds. The molecule has 2 unspecified atom stereocenters. The van der Waals surface area contributed by atoms with Gasteiger partial charge in [-0.05, 0) is 31.2 Å². The smallest absolute Gasteiger partial charge is 0.273 e. The molecule has 1 aromatic carbocycles. The highest BCUT2D eigenvalue weighted by Gasteiger charge is 2.39. The lowest BCUT2D eigenvalue weighted by Gasteiger charge is -2.32. The second-order valence-corrected chi connectivity index (χ2v) is 8.71. The van der Waals surface area contributed by atoms with Crippen molar-refractivity contribution in [2.24, 2.45) is 0 Å². The summed E-state index contributed by atoms with van der Waals surface area (Å²) in [7, 11) is 1.99. The maximum Gasteiger partial charge on any atom is 0.273 e. The van der Waals surface area contributed by atoms with Crippen molar-refractivity contribution in [3.8, 4) is 5.69 Å². The van der Waals surface area contributed by atoms with Gasteiger partial charge < -0.3 is 15.0 Å². The van der Waals surface area contributed by atoms with Crippen LogP contribution in [0.3, 0.4) is 0 Å². The maximum atomic E-state index is 13.0. The van der Waals surface area contributed by atoms with E-state index in [4.69, 9.17) is 4.74 Å². The van der Waals surface area contributed by atoms with Crippen LogP contribution in [-0.2, 0) is 20.9 Å². The number of hydrogen-bond acceptors (Lipinski definition) is 8. The van der Waals surface area contributed by atoms with Gasteiger partial charge in [0.15, 0.2) is 5.69 Å². The molecule has 34 heavy (non-hydrogen) atoms. The second-order valence-electron chi connectivity index (χ2n) is 8.71. The summed E-state index contributed by atoms with van der Waals surface area (Å²) in [6.07, 6.45) is 2.02. The lowest BCUT2D eigenvalue weighted by atomic mass is 10.0. The zero-order valence-corrected chi connectivity index (χ0v) is 18.7. The van der Waals surface area contributed by atoms with Gasteiger partial charge in [0, 0.05) is 31.6 Å². The molecule has 2 saturated heterocycles. The van der Waals surface area contributed by atoms with E-state index < -0.39 is 11.9 Å². The van der Waals surface area contributed by atoms with Crippen LogP contribution >= 0.6 is 0 Å². The number of morpholine rings is 1. The van der Waals surface area contributed by atoms with Gasteiger partial charge in [0.1, 0.15) is 6.04 Å². The van der Waals surface area contributed by atoms with Crippen molar-refractivity contribution in [3.05, 3.63) is 41.2 Å². The number of fused-ring (bicyclic) bond motifs is 1. The molecule has 12 heteroatoms. The predicted octanol–water partition coefficient (Wildman–Crippen LogP) is -0.911. The first-order valence-electron chi connectivity index (χ1n) is 11.2. The fraction of sp³-hybridized carbons (Fsp3) is 0.455. The lowest BCUT2D eigenvalue weighted by molar-refractivity contribution is -0.136. The van der Waals surface area contributed by atoms with Crippen molar-refractivity contribution >= 4 is 23.6 Å². The van der Waals surface area contributed by atoms with Crippen molar-refractivity contribution in [3.63, 3.8) is 0 Å². The number of aromatic nitrogens is 3. The molecule has 0 bridgehead atoms. The van der Waals surface area contributed by atoms with Crippen LogP contribution in [0.2, 0.25) is 0 Å². The second kappa shape index (κ2) is 8.95. The molecule has 0 saturated carbocycles. The molecule has 2 fully saturated rings. The molecule has 12 nitrogen and oxygen atoms in total. The molecule has 0 spiro atoms. The van der Waals surface area contributed by atoms with Gasteiger partial charge in [-0.2, -0.15) is 0 Å². The SMILES string of the molecule is CN1CCOCC1CNC(=O)c1cn(-c2ccc3c(c2)C(=O)N(C2CCC(=O)NC2=O)C3)nn1. The Labute approximate surface area is 195 Å². The summed E-state index contributed by atoms with van der Waals surface area (Å²) in [5.41, 5.74) is 1.99. The summed E-state index contributed by atoms with van der Waals surface area (Å²) in [4.78, 5) is 52.8.